The van der Waals surface area contributed by atoms with E-state index in [0.29, 0.717) is 17.2 Å². The second kappa shape index (κ2) is 7.24. The highest BCUT2D eigenvalue weighted by molar-refractivity contribution is 5.94. The number of carbonyl (C=O) groups excluding carboxylic acids is 1. The SMILES string of the molecule is Nc1cc(Nc2ccc(C3CC3)cc2)nc(C(=O)NC2Cc3ccccc3C2)c1. The largest absolute Gasteiger partial charge is 0.399 e. The van der Waals surface area contributed by atoms with Gasteiger partial charge in [-0.3, -0.25) is 4.79 Å². The quantitative estimate of drug-likeness (QED) is 0.616. The molecule has 0 atom stereocenters. The van der Waals surface area contributed by atoms with Crippen LogP contribution in [0.1, 0.15) is 45.9 Å². The van der Waals surface area contributed by atoms with E-state index < -0.39 is 0 Å². The number of hydrogen-bond donors (Lipinski definition) is 3. The van der Waals surface area contributed by atoms with E-state index in [2.05, 4.69) is 39.9 Å². The van der Waals surface area contributed by atoms with Gasteiger partial charge >= 0.3 is 0 Å². The van der Waals surface area contributed by atoms with Crippen LogP contribution in [0.2, 0.25) is 0 Å². The smallest absolute Gasteiger partial charge is 0.270 e. The number of rotatable bonds is 5. The van der Waals surface area contributed by atoms with Gasteiger partial charge in [-0.2, -0.15) is 0 Å². The summed E-state index contributed by atoms with van der Waals surface area (Å²) >= 11 is 0. The first-order chi connectivity index (χ1) is 14.1. The Morgan fingerprint density at radius 3 is 2.31 bits per heavy atom. The summed E-state index contributed by atoms with van der Waals surface area (Å²) in [5.74, 6) is 1.11. The molecule has 1 fully saturated rings. The highest BCUT2D eigenvalue weighted by Gasteiger charge is 2.24. The van der Waals surface area contributed by atoms with Crippen LogP contribution in [0.25, 0.3) is 0 Å². The van der Waals surface area contributed by atoms with Crippen molar-refractivity contribution in [2.24, 2.45) is 0 Å². The number of hydrogen-bond acceptors (Lipinski definition) is 4. The number of nitrogens with zero attached hydrogens (tertiary/aromatic N) is 1. The van der Waals surface area contributed by atoms with Crippen LogP contribution in [0.5, 0.6) is 0 Å². The van der Waals surface area contributed by atoms with E-state index in [4.69, 9.17) is 5.73 Å². The topological polar surface area (TPSA) is 80.0 Å². The number of nitrogens with one attached hydrogen (secondary N) is 2. The van der Waals surface area contributed by atoms with Crippen LogP contribution >= 0.6 is 0 Å². The minimum Gasteiger partial charge on any atom is -0.399 e. The zero-order valence-corrected chi connectivity index (χ0v) is 16.2. The highest BCUT2D eigenvalue weighted by atomic mass is 16.1. The molecule has 1 aromatic heterocycles. The third-order valence-electron chi connectivity index (χ3n) is 5.70. The van der Waals surface area contributed by atoms with E-state index in [1.807, 2.05) is 24.3 Å². The predicted molar refractivity (Wildman–Crippen MR) is 115 cm³/mol. The van der Waals surface area contributed by atoms with Gasteiger partial charge in [-0.15, -0.1) is 0 Å². The number of aromatic nitrogens is 1. The average molecular weight is 384 g/mol. The normalized spacial score (nSPS) is 15.7. The highest BCUT2D eigenvalue weighted by Crippen LogP contribution is 2.40. The minimum absolute atomic E-state index is 0.0921. The summed E-state index contributed by atoms with van der Waals surface area (Å²) in [4.78, 5) is 17.3. The number of nitrogens with two attached hydrogens (primary N) is 1. The number of carbonyl (C=O) groups is 1. The first kappa shape index (κ1) is 17.7. The van der Waals surface area contributed by atoms with Crippen molar-refractivity contribution in [2.45, 2.75) is 37.6 Å². The molecule has 2 aliphatic rings. The van der Waals surface area contributed by atoms with Crippen LogP contribution in [0.4, 0.5) is 17.2 Å². The lowest BCUT2D eigenvalue weighted by Crippen LogP contribution is -2.35. The van der Waals surface area contributed by atoms with Crippen molar-refractivity contribution in [1.29, 1.82) is 0 Å². The summed E-state index contributed by atoms with van der Waals surface area (Å²) in [6.07, 6.45) is 4.27. The maximum Gasteiger partial charge on any atom is 0.270 e. The molecule has 0 aliphatic heterocycles. The van der Waals surface area contributed by atoms with Crippen LogP contribution < -0.4 is 16.4 Å². The maximum atomic E-state index is 12.8. The molecule has 5 rings (SSSR count). The summed E-state index contributed by atoms with van der Waals surface area (Å²) in [5.41, 5.74) is 11.8. The van der Waals surface area contributed by atoms with Crippen LogP contribution in [-0.4, -0.2) is 16.9 Å². The van der Waals surface area contributed by atoms with Gasteiger partial charge in [0, 0.05) is 23.5 Å². The molecule has 3 aromatic rings. The molecule has 0 spiro atoms. The maximum absolute atomic E-state index is 12.8. The van der Waals surface area contributed by atoms with Gasteiger partial charge in [-0.25, -0.2) is 4.98 Å². The van der Waals surface area contributed by atoms with Crippen molar-refractivity contribution in [2.75, 3.05) is 11.1 Å². The van der Waals surface area contributed by atoms with Gasteiger partial charge in [0.15, 0.2) is 0 Å². The Labute approximate surface area is 170 Å². The lowest BCUT2D eigenvalue weighted by Gasteiger charge is -2.13. The third kappa shape index (κ3) is 3.94. The van der Waals surface area contributed by atoms with Gasteiger partial charge in [0.05, 0.1) is 0 Å². The first-order valence-corrected chi connectivity index (χ1v) is 10.2. The Bertz CT molecular complexity index is 1030. The summed E-state index contributed by atoms with van der Waals surface area (Å²) in [6.45, 7) is 0. The number of nitrogen functional groups attached to an aromatic ring is 1. The fourth-order valence-electron chi connectivity index (χ4n) is 4.06. The summed E-state index contributed by atoms with van der Waals surface area (Å²) in [6, 6.07) is 20.2. The second-order valence-electron chi connectivity index (χ2n) is 8.04. The zero-order valence-electron chi connectivity index (χ0n) is 16.2. The molecule has 2 aromatic carbocycles. The number of benzene rings is 2. The third-order valence-corrected chi connectivity index (χ3v) is 5.70. The van der Waals surface area contributed by atoms with Gasteiger partial charge in [-0.1, -0.05) is 36.4 Å². The van der Waals surface area contributed by atoms with Crippen LogP contribution in [0.3, 0.4) is 0 Å². The Balaban J connectivity index is 1.28. The fourth-order valence-corrected chi connectivity index (χ4v) is 4.06. The van der Waals surface area contributed by atoms with E-state index in [-0.39, 0.29) is 11.9 Å². The Kier molecular flexibility index (Phi) is 4.43. The summed E-state index contributed by atoms with van der Waals surface area (Å²) < 4.78 is 0. The molecule has 2 aliphatic carbocycles. The van der Waals surface area contributed by atoms with Crippen molar-refractivity contribution < 1.29 is 4.79 Å². The lowest BCUT2D eigenvalue weighted by atomic mass is 10.1. The Hall–Kier alpha value is -3.34. The first-order valence-electron chi connectivity index (χ1n) is 10.2. The fraction of sp³-hybridized carbons (Fsp3) is 0.250. The summed E-state index contributed by atoms with van der Waals surface area (Å²) in [7, 11) is 0. The molecule has 1 saturated carbocycles. The van der Waals surface area contributed by atoms with Gasteiger partial charge in [0.25, 0.3) is 5.91 Å². The number of anilines is 3. The van der Waals surface area contributed by atoms with Crippen LogP contribution in [0.15, 0.2) is 60.7 Å². The molecule has 29 heavy (non-hydrogen) atoms. The van der Waals surface area contributed by atoms with Gasteiger partial charge in [0.1, 0.15) is 11.5 Å². The molecule has 4 N–H and O–H groups in total. The van der Waals surface area contributed by atoms with E-state index in [1.165, 1.54) is 29.5 Å². The number of pyridine rings is 1. The summed E-state index contributed by atoms with van der Waals surface area (Å²) in [5, 5.41) is 6.37. The molecule has 0 radical (unpaired) electrons. The second-order valence-corrected chi connectivity index (χ2v) is 8.04. The van der Waals surface area contributed by atoms with E-state index in [0.717, 1.165) is 24.4 Å². The van der Waals surface area contributed by atoms with E-state index in [1.54, 1.807) is 12.1 Å². The van der Waals surface area contributed by atoms with Crippen LogP contribution in [0, 0.1) is 0 Å². The van der Waals surface area contributed by atoms with Crippen molar-refractivity contribution in [3.63, 3.8) is 0 Å². The number of fused-ring (bicyclic) bond motifs is 1. The predicted octanol–water partition coefficient (Wildman–Crippen LogP) is 4.18. The molecule has 1 heterocycles. The Morgan fingerprint density at radius 1 is 0.966 bits per heavy atom. The van der Waals surface area contributed by atoms with Crippen molar-refractivity contribution in [3.05, 3.63) is 83.0 Å². The van der Waals surface area contributed by atoms with Crippen LogP contribution in [-0.2, 0) is 12.8 Å². The molecule has 5 heteroatoms. The molecule has 5 nitrogen and oxygen atoms in total. The molecular weight excluding hydrogens is 360 g/mol. The number of amides is 1. The average Bonchev–Trinajstić information content (AvgIpc) is 3.48. The van der Waals surface area contributed by atoms with E-state index in [9.17, 15) is 4.79 Å². The van der Waals surface area contributed by atoms with Gasteiger partial charge < -0.3 is 16.4 Å². The zero-order chi connectivity index (χ0) is 19.8. The molecule has 146 valence electrons. The lowest BCUT2D eigenvalue weighted by molar-refractivity contribution is 0.0933. The van der Waals surface area contributed by atoms with Gasteiger partial charge in [-0.05, 0) is 66.5 Å². The van der Waals surface area contributed by atoms with E-state index >= 15 is 0 Å². The monoisotopic (exact) mass is 384 g/mol. The molecule has 1 amide bonds. The standard InChI is InChI=1S/C24H24N4O/c25-19-13-22(24(29)27-21-11-17-3-1-2-4-18(17)12-21)28-23(14-19)26-20-9-7-16(8-10-20)15-5-6-15/h1-4,7-10,13-15,21H,5-6,11-12H2,(H,27,29)(H3,25,26,28). The molecule has 0 unspecified atom stereocenters. The van der Waals surface area contributed by atoms with Crippen molar-refractivity contribution >= 4 is 23.1 Å². The van der Waals surface area contributed by atoms with Crippen molar-refractivity contribution in [1.82, 2.24) is 10.3 Å². The molecule has 0 bridgehead atoms. The minimum atomic E-state index is -0.192. The molecule has 0 saturated heterocycles. The van der Waals surface area contributed by atoms with Gasteiger partial charge in [0.2, 0.25) is 0 Å². The van der Waals surface area contributed by atoms with Crippen molar-refractivity contribution in [3.8, 4) is 0 Å². The Morgan fingerprint density at radius 2 is 1.66 bits per heavy atom. The molecular formula is C24H24N4O.